The molecule has 0 bridgehead atoms. The molecule has 3 heterocycles. The summed E-state index contributed by atoms with van der Waals surface area (Å²) in [6.45, 7) is 3.83. The van der Waals surface area contributed by atoms with Crippen LogP contribution in [0.3, 0.4) is 0 Å². The van der Waals surface area contributed by atoms with Crippen LogP contribution in [0.2, 0.25) is 0 Å². The molecule has 0 unspecified atom stereocenters. The Morgan fingerprint density at radius 3 is 2.50 bits per heavy atom. The molecule has 8 heteroatoms. The molecular formula is C20H23F3N4O. The van der Waals surface area contributed by atoms with Gasteiger partial charge in [-0.25, -0.2) is 0 Å². The Kier molecular flexibility index (Phi) is 4.91. The summed E-state index contributed by atoms with van der Waals surface area (Å²) in [5, 5.41) is 21.9. The summed E-state index contributed by atoms with van der Waals surface area (Å²) < 4.78 is 38.7. The van der Waals surface area contributed by atoms with Crippen LogP contribution in [0.5, 0.6) is 5.75 Å². The van der Waals surface area contributed by atoms with Gasteiger partial charge < -0.3 is 10.4 Å². The van der Waals surface area contributed by atoms with Crippen LogP contribution in [0, 0.1) is 6.92 Å². The number of hydrogen-bond acceptors (Lipinski definition) is 5. The third kappa shape index (κ3) is 3.65. The van der Waals surface area contributed by atoms with Gasteiger partial charge in [-0.3, -0.25) is 4.90 Å². The van der Waals surface area contributed by atoms with Gasteiger partial charge in [-0.2, -0.15) is 13.2 Å². The van der Waals surface area contributed by atoms with Crippen molar-refractivity contribution in [3.05, 3.63) is 35.4 Å². The Morgan fingerprint density at radius 1 is 1.11 bits per heavy atom. The molecule has 2 aromatic rings. The number of benzene rings is 1. The summed E-state index contributed by atoms with van der Waals surface area (Å²) in [6.07, 6.45) is 0.137. The van der Waals surface area contributed by atoms with Gasteiger partial charge >= 0.3 is 6.18 Å². The van der Waals surface area contributed by atoms with Crippen LogP contribution in [0.4, 0.5) is 19.0 Å². The molecule has 1 aromatic carbocycles. The number of rotatable bonds is 3. The van der Waals surface area contributed by atoms with Gasteiger partial charge in [-0.05, 0) is 75.5 Å². The van der Waals surface area contributed by atoms with Crippen molar-refractivity contribution in [2.24, 2.45) is 0 Å². The molecule has 0 spiro atoms. The summed E-state index contributed by atoms with van der Waals surface area (Å²) in [5.41, 5.74) is 0.0409. The average molecular weight is 392 g/mol. The van der Waals surface area contributed by atoms with Gasteiger partial charge in [0.25, 0.3) is 0 Å². The Bertz CT molecular complexity index is 831. The molecule has 2 aliphatic rings. The van der Waals surface area contributed by atoms with Crippen LogP contribution in [-0.4, -0.2) is 45.4 Å². The molecular weight excluding hydrogens is 369 g/mol. The normalized spacial score (nSPS) is 22.9. The highest BCUT2D eigenvalue weighted by molar-refractivity contribution is 5.71. The van der Waals surface area contributed by atoms with Crippen molar-refractivity contribution >= 4 is 5.82 Å². The molecule has 0 aliphatic carbocycles. The second-order valence-corrected chi connectivity index (χ2v) is 7.63. The molecule has 28 heavy (non-hydrogen) atoms. The zero-order valence-corrected chi connectivity index (χ0v) is 15.6. The lowest BCUT2D eigenvalue weighted by molar-refractivity contribution is -0.137. The number of phenolic OH excluding ortho intramolecular Hbond substituents is 1. The fourth-order valence-corrected chi connectivity index (χ4v) is 4.46. The number of aryl methyl sites for hydroxylation is 1. The minimum atomic E-state index is -4.51. The minimum Gasteiger partial charge on any atom is -0.507 e. The van der Waals surface area contributed by atoms with Gasteiger partial charge in [0, 0.05) is 17.6 Å². The zero-order valence-electron chi connectivity index (χ0n) is 15.6. The molecule has 2 atom stereocenters. The number of anilines is 1. The lowest BCUT2D eigenvalue weighted by Gasteiger charge is -2.37. The van der Waals surface area contributed by atoms with Crippen molar-refractivity contribution in [1.82, 2.24) is 15.1 Å². The quantitative estimate of drug-likeness (QED) is 0.819. The van der Waals surface area contributed by atoms with Gasteiger partial charge in [-0.15, -0.1) is 10.2 Å². The predicted molar refractivity (Wildman–Crippen MR) is 100 cm³/mol. The van der Waals surface area contributed by atoms with E-state index in [2.05, 4.69) is 20.4 Å². The number of hydrogen-bond donors (Lipinski definition) is 2. The topological polar surface area (TPSA) is 61.3 Å². The highest BCUT2D eigenvalue weighted by Gasteiger charge is 2.35. The lowest BCUT2D eigenvalue weighted by Crippen LogP contribution is -2.47. The van der Waals surface area contributed by atoms with Gasteiger partial charge in [0.15, 0.2) is 0 Å². The molecule has 2 aliphatic heterocycles. The van der Waals surface area contributed by atoms with Crippen molar-refractivity contribution in [2.45, 2.75) is 50.9 Å². The van der Waals surface area contributed by atoms with E-state index in [1.165, 1.54) is 19.8 Å². The van der Waals surface area contributed by atoms with Crippen LogP contribution < -0.4 is 5.32 Å². The molecule has 4 rings (SSSR count). The highest BCUT2D eigenvalue weighted by atomic mass is 19.4. The molecule has 1 aromatic heterocycles. The number of alkyl halides is 3. The zero-order chi connectivity index (χ0) is 19.9. The third-order valence-electron chi connectivity index (χ3n) is 5.74. The molecule has 2 fully saturated rings. The minimum absolute atomic E-state index is 0.270. The fourth-order valence-electron chi connectivity index (χ4n) is 4.46. The number of piperidine rings is 1. The van der Waals surface area contributed by atoms with Crippen molar-refractivity contribution in [2.75, 3.05) is 18.4 Å². The van der Waals surface area contributed by atoms with Crippen LogP contribution in [0.1, 0.15) is 36.8 Å². The average Bonchev–Trinajstić information content (AvgIpc) is 3.11. The Labute approximate surface area is 161 Å². The van der Waals surface area contributed by atoms with E-state index >= 15 is 0 Å². The summed E-state index contributed by atoms with van der Waals surface area (Å²) in [7, 11) is 0. The van der Waals surface area contributed by atoms with E-state index in [1.807, 2.05) is 0 Å². The number of nitrogens with zero attached hydrogens (tertiary/aromatic N) is 3. The number of fused-ring (bicyclic) bond motifs is 1. The summed E-state index contributed by atoms with van der Waals surface area (Å²) >= 11 is 0. The van der Waals surface area contributed by atoms with Crippen molar-refractivity contribution in [1.29, 1.82) is 0 Å². The fraction of sp³-hybridized carbons (Fsp3) is 0.500. The summed E-state index contributed by atoms with van der Waals surface area (Å²) in [5.74, 6) is 0.197. The van der Waals surface area contributed by atoms with Gasteiger partial charge in [0.05, 0.1) is 11.3 Å². The highest BCUT2D eigenvalue weighted by Crippen LogP contribution is 2.38. The lowest BCUT2D eigenvalue weighted by atomic mass is 9.96. The smallest absolute Gasteiger partial charge is 0.416 e. The maximum absolute atomic E-state index is 12.9. The first kappa shape index (κ1) is 19.0. The van der Waals surface area contributed by atoms with Crippen LogP contribution in [0.25, 0.3) is 11.3 Å². The largest absolute Gasteiger partial charge is 0.507 e. The van der Waals surface area contributed by atoms with E-state index in [1.54, 1.807) is 12.1 Å². The van der Waals surface area contributed by atoms with E-state index in [9.17, 15) is 18.3 Å². The number of aromatic hydroxyl groups is 1. The van der Waals surface area contributed by atoms with Crippen molar-refractivity contribution in [3.63, 3.8) is 0 Å². The van der Waals surface area contributed by atoms with E-state index in [0.717, 1.165) is 38.1 Å². The molecule has 2 saturated heterocycles. The standard InChI is InChI=1S/C20H23F3N4O/c1-12-10-13(20(21,22)23)11-17(28)19(12)15-6-7-18(26-25-15)24-14-4-2-8-27-9-3-5-16(14)27/h6-7,10-11,14,16,28H,2-5,8-9H2,1H3,(H,24,26)/t14-,16+/m0/s1. The number of aromatic nitrogens is 2. The molecule has 2 N–H and O–H groups in total. The SMILES string of the molecule is Cc1cc(C(F)(F)F)cc(O)c1-c1ccc(N[C@H]2CCCN3CCC[C@H]23)nn1. The first-order valence-corrected chi connectivity index (χ1v) is 9.58. The van der Waals surface area contributed by atoms with E-state index in [0.29, 0.717) is 29.2 Å². The molecule has 0 saturated carbocycles. The van der Waals surface area contributed by atoms with Gasteiger partial charge in [-0.1, -0.05) is 0 Å². The second-order valence-electron chi connectivity index (χ2n) is 7.63. The van der Waals surface area contributed by atoms with Crippen LogP contribution >= 0.6 is 0 Å². The van der Waals surface area contributed by atoms with Crippen LogP contribution in [-0.2, 0) is 6.18 Å². The Hall–Kier alpha value is -2.35. The Balaban J connectivity index is 1.54. The van der Waals surface area contributed by atoms with Crippen molar-refractivity contribution in [3.8, 4) is 17.0 Å². The van der Waals surface area contributed by atoms with Gasteiger partial charge in [0.2, 0.25) is 0 Å². The monoisotopic (exact) mass is 392 g/mol. The van der Waals surface area contributed by atoms with E-state index < -0.39 is 17.5 Å². The van der Waals surface area contributed by atoms with Gasteiger partial charge in [0.1, 0.15) is 11.6 Å². The second kappa shape index (κ2) is 7.24. The predicted octanol–water partition coefficient (Wildman–Crippen LogP) is 4.22. The molecule has 0 amide bonds. The molecule has 5 nitrogen and oxygen atoms in total. The first-order valence-electron chi connectivity index (χ1n) is 9.58. The number of phenols is 1. The maximum atomic E-state index is 12.9. The maximum Gasteiger partial charge on any atom is 0.416 e. The summed E-state index contributed by atoms with van der Waals surface area (Å²) in [4.78, 5) is 2.52. The van der Waals surface area contributed by atoms with Crippen molar-refractivity contribution < 1.29 is 18.3 Å². The first-order chi connectivity index (χ1) is 13.3. The van der Waals surface area contributed by atoms with Crippen LogP contribution in [0.15, 0.2) is 24.3 Å². The molecule has 0 radical (unpaired) electrons. The van der Waals surface area contributed by atoms with E-state index in [4.69, 9.17) is 0 Å². The Morgan fingerprint density at radius 2 is 1.86 bits per heavy atom. The molecule has 150 valence electrons. The number of nitrogens with one attached hydrogen (secondary N) is 1. The summed E-state index contributed by atoms with van der Waals surface area (Å²) in [6, 6.07) is 6.05. The number of halogens is 3. The third-order valence-corrected chi connectivity index (χ3v) is 5.74. The van der Waals surface area contributed by atoms with E-state index in [-0.39, 0.29) is 5.56 Å².